The fraction of sp³-hybridized carbons (Fsp3) is 0.731. The number of methoxy groups -OCH3 is 1. The molecule has 0 aromatic heterocycles. The molecule has 0 N–H and O–H groups in total. The van der Waals surface area contributed by atoms with Crippen LogP contribution in [0.3, 0.4) is 0 Å². The number of hydrogen-bond donors (Lipinski definition) is 0. The SMILES string of the molecule is CC.CC.CC.CC(C=O)OP(C)C.COC(C)C.CP(C)(=O)OC1Cc2ccccc2C1. The van der Waals surface area contributed by atoms with Crippen LogP contribution in [0.4, 0.5) is 0 Å². The first kappa shape index (κ1) is 39.6. The van der Waals surface area contributed by atoms with E-state index >= 15 is 0 Å². The number of benzene rings is 1. The summed E-state index contributed by atoms with van der Waals surface area (Å²) in [6.45, 7) is 25.0. The zero-order valence-electron chi connectivity index (χ0n) is 24.0. The van der Waals surface area contributed by atoms with Gasteiger partial charge in [-0.2, -0.15) is 0 Å². The molecule has 1 aromatic rings. The smallest absolute Gasteiger partial charge is 0.197 e. The van der Waals surface area contributed by atoms with Crippen LogP contribution in [-0.2, 0) is 36.0 Å². The van der Waals surface area contributed by atoms with Crippen LogP contribution in [0.5, 0.6) is 0 Å². The van der Waals surface area contributed by atoms with E-state index in [-0.39, 0.29) is 20.4 Å². The first-order valence-corrected chi connectivity index (χ1v) is 16.8. The van der Waals surface area contributed by atoms with E-state index in [4.69, 9.17) is 13.8 Å². The highest BCUT2D eigenvalue weighted by Crippen LogP contribution is 2.41. The lowest BCUT2D eigenvalue weighted by molar-refractivity contribution is -0.112. The lowest BCUT2D eigenvalue weighted by Gasteiger charge is -2.14. The number of ether oxygens (including phenoxy) is 1. The van der Waals surface area contributed by atoms with Crippen LogP contribution in [0.2, 0.25) is 0 Å². The third-order valence-electron chi connectivity index (χ3n) is 3.46. The van der Waals surface area contributed by atoms with Crippen molar-refractivity contribution < 1.29 is 23.1 Å². The maximum absolute atomic E-state index is 11.5. The lowest BCUT2D eigenvalue weighted by atomic mass is 10.1. The fourth-order valence-corrected chi connectivity index (χ4v) is 3.89. The van der Waals surface area contributed by atoms with E-state index in [0.29, 0.717) is 6.10 Å². The molecular weight excluding hydrogens is 454 g/mol. The molecule has 0 spiro atoms. The largest absolute Gasteiger partial charge is 0.382 e. The summed E-state index contributed by atoms with van der Waals surface area (Å²) in [4.78, 5) is 9.93. The van der Waals surface area contributed by atoms with Gasteiger partial charge in [-0.3, -0.25) is 4.57 Å². The van der Waals surface area contributed by atoms with E-state index in [1.165, 1.54) is 11.1 Å². The molecule has 1 atom stereocenters. The van der Waals surface area contributed by atoms with Crippen LogP contribution in [0.15, 0.2) is 24.3 Å². The monoisotopic (exact) mass is 508 g/mol. The van der Waals surface area contributed by atoms with E-state index in [0.717, 1.165) is 19.1 Å². The van der Waals surface area contributed by atoms with E-state index < -0.39 is 7.37 Å². The molecule has 1 aliphatic rings. The summed E-state index contributed by atoms with van der Waals surface area (Å²) in [5, 5.41) is 0. The average molecular weight is 509 g/mol. The molecule has 0 heterocycles. The number of fused-ring (bicyclic) bond motifs is 1. The van der Waals surface area contributed by atoms with Gasteiger partial charge in [0.2, 0.25) is 0 Å². The Balaban J connectivity index is -0.000000190. The van der Waals surface area contributed by atoms with Crippen molar-refractivity contribution in [3.63, 3.8) is 0 Å². The van der Waals surface area contributed by atoms with Gasteiger partial charge in [0.25, 0.3) is 0 Å². The van der Waals surface area contributed by atoms with Crippen LogP contribution in [-0.4, -0.2) is 58.4 Å². The Labute approximate surface area is 207 Å². The van der Waals surface area contributed by atoms with Gasteiger partial charge in [0.15, 0.2) is 7.37 Å². The third-order valence-corrected chi connectivity index (χ3v) is 5.02. The molecule has 198 valence electrons. The van der Waals surface area contributed by atoms with Crippen LogP contribution in [0.1, 0.15) is 73.4 Å². The maximum Gasteiger partial charge on any atom is 0.197 e. The van der Waals surface area contributed by atoms with Gasteiger partial charge in [-0.1, -0.05) is 65.8 Å². The molecule has 0 saturated heterocycles. The van der Waals surface area contributed by atoms with Gasteiger partial charge in [-0.15, -0.1) is 0 Å². The minimum atomic E-state index is -2.34. The molecule has 5 nitrogen and oxygen atoms in total. The van der Waals surface area contributed by atoms with Gasteiger partial charge in [-0.25, -0.2) is 0 Å². The summed E-state index contributed by atoms with van der Waals surface area (Å²) in [6, 6.07) is 8.32. The van der Waals surface area contributed by atoms with Crippen LogP contribution in [0.25, 0.3) is 0 Å². The van der Waals surface area contributed by atoms with E-state index in [1.54, 1.807) is 27.4 Å². The molecule has 0 saturated carbocycles. The summed E-state index contributed by atoms with van der Waals surface area (Å²) in [7, 11) is -1.02. The van der Waals surface area contributed by atoms with Crippen molar-refractivity contribution in [1.82, 2.24) is 0 Å². The van der Waals surface area contributed by atoms with Crippen molar-refractivity contribution in [3.8, 4) is 0 Å². The quantitative estimate of drug-likeness (QED) is 0.287. The number of carbonyl (C=O) groups excluding carboxylic acids is 1. The number of aldehydes is 1. The third kappa shape index (κ3) is 27.6. The van der Waals surface area contributed by atoms with Crippen LogP contribution >= 0.6 is 15.5 Å². The molecule has 1 aliphatic carbocycles. The van der Waals surface area contributed by atoms with Gasteiger partial charge in [0, 0.05) is 28.6 Å². The predicted molar refractivity (Wildman–Crippen MR) is 150 cm³/mol. The molecule has 33 heavy (non-hydrogen) atoms. The Morgan fingerprint density at radius 1 is 0.939 bits per heavy atom. The zero-order valence-corrected chi connectivity index (χ0v) is 25.8. The fourth-order valence-electron chi connectivity index (χ4n) is 2.31. The van der Waals surface area contributed by atoms with Crippen LogP contribution < -0.4 is 0 Å². The van der Waals surface area contributed by atoms with Crippen molar-refractivity contribution in [2.24, 2.45) is 0 Å². The second-order valence-corrected chi connectivity index (χ2v) is 11.8. The van der Waals surface area contributed by atoms with Gasteiger partial charge in [0.1, 0.15) is 12.4 Å². The second kappa shape index (κ2) is 26.0. The summed E-state index contributed by atoms with van der Waals surface area (Å²) in [6.07, 6.45) is 2.89. The summed E-state index contributed by atoms with van der Waals surface area (Å²) in [5.74, 6) is 0. The van der Waals surface area contributed by atoms with Gasteiger partial charge < -0.3 is 18.6 Å². The van der Waals surface area contributed by atoms with Gasteiger partial charge in [0.05, 0.1) is 12.2 Å². The van der Waals surface area contributed by atoms with E-state index in [2.05, 4.69) is 12.1 Å². The molecular formula is C26H54O5P2. The minimum absolute atomic E-state index is 0.119. The Bertz CT molecular complexity index is 561. The summed E-state index contributed by atoms with van der Waals surface area (Å²) >= 11 is 0. The van der Waals surface area contributed by atoms with Gasteiger partial charge >= 0.3 is 0 Å². The van der Waals surface area contributed by atoms with Crippen molar-refractivity contribution in [2.75, 3.05) is 33.8 Å². The number of rotatable bonds is 6. The topological polar surface area (TPSA) is 61.8 Å². The van der Waals surface area contributed by atoms with Crippen molar-refractivity contribution >= 4 is 21.8 Å². The summed E-state index contributed by atoms with van der Waals surface area (Å²) < 4.78 is 26.9. The number of hydrogen-bond acceptors (Lipinski definition) is 5. The molecule has 1 aromatic carbocycles. The highest BCUT2D eigenvalue weighted by Gasteiger charge is 2.25. The van der Waals surface area contributed by atoms with E-state index in [1.807, 2.05) is 80.9 Å². The minimum Gasteiger partial charge on any atom is -0.382 e. The molecule has 0 amide bonds. The van der Waals surface area contributed by atoms with Crippen molar-refractivity contribution in [1.29, 1.82) is 0 Å². The van der Waals surface area contributed by atoms with Gasteiger partial charge in [-0.05, 0) is 58.1 Å². The molecule has 0 bridgehead atoms. The molecule has 0 aliphatic heterocycles. The molecule has 7 heteroatoms. The lowest BCUT2D eigenvalue weighted by Crippen LogP contribution is -2.10. The molecule has 1 unspecified atom stereocenters. The summed E-state index contributed by atoms with van der Waals surface area (Å²) in [5.41, 5.74) is 2.68. The number of carbonyl (C=O) groups is 1. The first-order chi connectivity index (χ1) is 15.5. The predicted octanol–water partition coefficient (Wildman–Crippen LogP) is 8.07. The van der Waals surface area contributed by atoms with E-state index in [9.17, 15) is 9.36 Å². The molecule has 0 radical (unpaired) electrons. The first-order valence-electron chi connectivity index (χ1n) is 12.1. The standard InChI is InChI=1S/C11H15O2P.C5H11O2P.C4H10O.3C2H6/c1-14(2,12)13-11-7-9-5-3-4-6-10(9)8-11;1-5(4-6)7-8(2)3;1-4(2)5-3;3*1-2/h3-6,11H,7-8H2,1-2H3;4-5H,1-3H3;4H,1-3H3;3*1-2H3. The second-order valence-electron chi connectivity index (χ2n) is 7.20. The maximum atomic E-state index is 11.5. The highest BCUT2D eigenvalue weighted by molar-refractivity contribution is 7.57. The zero-order chi connectivity index (χ0) is 27.0. The highest BCUT2D eigenvalue weighted by atomic mass is 31.2. The Kier molecular flexibility index (Phi) is 31.3. The molecule has 2 rings (SSSR count). The molecule has 0 fully saturated rings. The average Bonchev–Trinajstić information content (AvgIpc) is 3.18. The Hall–Kier alpha value is -0.570. The Morgan fingerprint density at radius 3 is 1.52 bits per heavy atom. The Morgan fingerprint density at radius 2 is 1.30 bits per heavy atom. The van der Waals surface area contributed by atoms with Crippen molar-refractivity contribution in [2.45, 2.75) is 93.5 Å². The van der Waals surface area contributed by atoms with Crippen LogP contribution in [0, 0.1) is 0 Å². The normalized spacial score (nSPS) is 12.6. The van der Waals surface area contributed by atoms with Crippen molar-refractivity contribution in [3.05, 3.63) is 35.4 Å².